The Bertz CT molecular complexity index is 645. The highest BCUT2D eigenvalue weighted by Gasteiger charge is 2.38. The predicted molar refractivity (Wildman–Crippen MR) is 75.4 cm³/mol. The minimum absolute atomic E-state index is 0.0682. The summed E-state index contributed by atoms with van der Waals surface area (Å²) in [5, 5.41) is 8.09. The van der Waals surface area contributed by atoms with Gasteiger partial charge in [0.15, 0.2) is 0 Å². The maximum atomic E-state index is 13.1. The molecule has 2 aliphatic heterocycles. The van der Waals surface area contributed by atoms with Gasteiger partial charge in [-0.2, -0.15) is 13.2 Å². The zero-order valence-electron chi connectivity index (χ0n) is 12.2. The van der Waals surface area contributed by atoms with Crippen molar-refractivity contribution >= 4 is 11.8 Å². The number of rotatable bonds is 2. The largest absolute Gasteiger partial charge is 0.416 e. The Morgan fingerprint density at radius 1 is 1.30 bits per heavy atom. The summed E-state index contributed by atoms with van der Waals surface area (Å²) in [6, 6.07) is 3.27. The molecule has 1 aromatic carbocycles. The average molecular weight is 327 g/mol. The van der Waals surface area contributed by atoms with Crippen LogP contribution in [-0.2, 0) is 22.3 Å². The van der Waals surface area contributed by atoms with Crippen LogP contribution >= 0.6 is 0 Å². The van der Waals surface area contributed by atoms with E-state index >= 15 is 0 Å². The van der Waals surface area contributed by atoms with Crippen molar-refractivity contribution in [1.29, 1.82) is 0 Å². The molecule has 8 heteroatoms. The minimum atomic E-state index is -4.46. The summed E-state index contributed by atoms with van der Waals surface area (Å²) in [4.78, 5) is 23.9. The number of amides is 2. The molecule has 2 aliphatic rings. The Morgan fingerprint density at radius 2 is 2.09 bits per heavy atom. The molecule has 0 saturated carbocycles. The standard InChI is InChI=1S/C15H16F3N3O2/c16-15(17,18)11-3-1-2-8-9(11)6-19-7-10(8)13(22)21-12-4-5-20-14(12)23/h1-3,10,12,19H,4-7H2,(H,20,23)(H,21,22). The molecule has 0 spiro atoms. The van der Waals surface area contributed by atoms with Gasteiger partial charge in [-0.05, 0) is 23.6 Å². The summed E-state index contributed by atoms with van der Waals surface area (Å²) in [7, 11) is 0. The van der Waals surface area contributed by atoms with E-state index in [1.807, 2.05) is 0 Å². The SMILES string of the molecule is O=C1NCCC1NC(=O)C1CNCc2c1cccc2C(F)(F)F. The Hall–Kier alpha value is -2.09. The molecule has 23 heavy (non-hydrogen) atoms. The molecular weight excluding hydrogens is 311 g/mol. The van der Waals surface area contributed by atoms with Crippen LogP contribution in [0.15, 0.2) is 18.2 Å². The van der Waals surface area contributed by atoms with E-state index in [-0.39, 0.29) is 24.6 Å². The first kappa shape index (κ1) is 15.8. The smallest absolute Gasteiger partial charge is 0.354 e. The lowest BCUT2D eigenvalue weighted by atomic mass is 9.87. The lowest BCUT2D eigenvalue weighted by Crippen LogP contribution is -2.46. The summed E-state index contributed by atoms with van der Waals surface area (Å²) in [6.45, 7) is 0.800. The summed E-state index contributed by atoms with van der Waals surface area (Å²) in [6.07, 6.45) is -3.98. The van der Waals surface area contributed by atoms with Gasteiger partial charge < -0.3 is 16.0 Å². The number of nitrogens with one attached hydrogen (secondary N) is 3. The summed E-state index contributed by atoms with van der Waals surface area (Å²) >= 11 is 0. The summed E-state index contributed by atoms with van der Waals surface area (Å²) in [5.74, 6) is -1.43. The van der Waals surface area contributed by atoms with Gasteiger partial charge >= 0.3 is 6.18 Å². The van der Waals surface area contributed by atoms with E-state index < -0.39 is 29.6 Å². The van der Waals surface area contributed by atoms with Crippen LogP contribution in [0.5, 0.6) is 0 Å². The molecule has 0 radical (unpaired) electrons. The highest BCUT2D eigenvalue weighted by atomic mass is 19.4. The number of alkyl halides is 3. The first-order valence-electron chi connectivity index (χ1n) is 7.35. The molecule has 1 fully saturated rings. The van der Waals surface area contributed by atoms with Gasteiger partial charge in [0.2, 0.25) is 11.8 Å². The predicted octanol–water partition coefficient (Wildman–Crippen LogP) is 0.897. The van der Waals surface area contributed by atoms with Gasteiger partial charge in [0.1, 0.15) is 6.04 Å². The van der Waals surface area contributed by atoms with Gasteiger partial charge in [-0.25, -0.2) is 0 Å². The van der Waals surface area contributed by atoms with E-state index in [0.29, 0.717) is 18.5 Å². The number of carbonyl (C=O) groups is 2. The van der Waals surface area contributed by atoms with Crippen molar-refractivity contribution in [2.75, 3.05) is 13.1 Å². The Morgan fingerprint density at radius 3 is 2.74 bits per heavy atom. The highest BCUT2D eigenvalue weighted by molar-refractivity contribution is 5.92. The van der Waals surface area contributed by atoms with Crippen LogP contribution in [0.1, 0.15) is 29.0 Å². The van der Waals surface area contributed by atoms with Crippen LogP contribution in [0, 0.1) is 0 Å². The normalized spacial score (nSPS) is 24.0. The molecule has 2 amide bonds. The van der Waals surface area contributed by atoms with Gasteiger partial charge in [0.25, 0.3) is 0 Å². The molecule has 0 aliphatic carbocycles. The van der Waals surface area contributed by atoms with Crippen molar-refractivity contribution in [2.24, 2.45) is 0 Å². The average Bonchev–Trinajstić information content (AvgIpc) is 2.90. The third-order valence-corrected chi connectivity index (χ3v) is 4.23. The second-order valence-corrected chi connectivity index (χ2v) is 5.70. The fourth-order valence-corrected chi connectivity index (χ4v) is 3.08. The maximum absolute atomic E-state index is 13.1. The molecule has 1 saturated heterocycles. The summed E-state index contributed by atoms with van der Waals surface area (Å²) in [5.41, 5.74) is -0.254. The lowest BCUT2D eigenvalue weighted by molar-refractivity contribution is -0.138. The molecule has 2 unspecified atom stereocenters. The monoisotopic (exact) mass is 327 g/mol. The topological polar surface area (TPSA) is 70.2 Å². The lowest BCUT2D eigenvalue weighted by Gasteiger charge is -2.28. The molecule has 3 rings (SSSR count). The number of hydrogen-bond acceptors (Lipinski definition) is 3. The number of benzene rings is 1. The Kier molecular flexibility index (Phi) is 4.01. The van der Waals surface area contributed by atoms with Gasteiger partial charge in [-0.1, -0.05) is 12.1 Å². The quantitative estimate of drug-likeness (QED) is 0.756. The third-order valence-electron chi connectivity index (χ3n) is 4.23. The van der Waals surface area contributed by atoms with E-state index in [1.165, 1.54) is 6.07 Å². The molecular formula is C15H16F3N3O2. The molecule has 0 aromatic heterocycles. The van der Waals surface area contributed by atoms with Gasteiger partial charge in [0, 0.05) is 19.6 Å². The number of hydrogen-bond donors (Lipinski definition) is 3. The van der Waals surface area contributed by atoms with Crippen molar-refractivity contribution < 1.29 is 22.8 Å². The first-order chi connectivity index (χ1) is 10.9. The first-order valence-corrected chi connectivity index (χ1v) is 7.35. The molecule has 5 nitrogen and oxygen atoms in total. The minimum Gasteiger partial charge on any atom is -0.354 e. The van der Waals surface area contributed by atoms with Crippen LogP contribution < -0.4 is 16.0 Å². The van der Waals surface area contributed by atoms with E-state index in [9.17, 15) is 22.8 Å². The summed E-state index contributed by atoms with van der Waals surface area (Å²) < 4.78 is 39.3. The molecule has 124 valence electrons. The van der Waals surface area contributed by atoms with Crippen molar-refractivity contribution in [3.8, 4) is 0 Å². The second-order valence-electron chi connectivity index (χ2n) is 5.70. The van der Waals surface area contributed by atoms with Crippen LogP contribution in [-0.4, -0.2) is 30.9 Å². The second kappa shape index (κ2) is 5.84. The van der Waals surface area contributed by atoms with Crippen molar-refractivity contribution in [3.05, 3.63) is 34.9 Å². The zero-order valence-corrected chi connectivity index (χ0v) is 12.2. The Balaban J connectivity index is 1.87. The van der Waals surface area contributed by atoms with Crippen molar-refractivity contribution in [2.45, 2.75) is 31.1 Å². The zero-order chi connectivity index (χ0) is 16.6. The van der Waals surface area contributed by atoms with Crippen LogP contribution in [0.25, 0.3) is 0 Å². The fourth-order valence-electron chi connectivity index (χ4n) is 3.08. The van der Waals surface area contributed by atoms with Gasteiger partial charge in [-0.15, -0.1) is 0 Å². The van der Waals surface area contributed by atoms with E-state index in [2.05, 4.69) is 16.0 Å². The maximum Gasteiger partial charge on any atom is 0.416 e. The number of halogens is 3. The highest BCUT2D eigenvalue weighted by Crippen LogP contribution is 2.36. The molecule has 1 aromatic rings. The molecule has 2 atom stereocenters. The van der Waals surface area contributed by atoms with Gasteiger partial charge in [-0.3, -0.25) is 9.59 Å². The van der Waals surface area contributed by atoms with E-state index in [0.717, 1.165) is 6.07 Å². The fraction of sp³-hybridized carbons (Fsp3) is 0.467. The van der Waals surface area contributed by atoms with E-state index in [4.69, 9.17) is 0 Å². The number of carbonyl (C=O) groups excluding carboxylic acids is 2. The molecule has 3 N–H and O–H groups in total. The van der Waals surface area contributed by atoms with Crippen LogP contribution in [0.4, 0.5) is 13.2 Å². The van der Waals surface area contributed by atoms with E-state index in [1.54, 1.807) is 6.07 Å². The Labute approximate surface area is 130 Å². The third kappa shape index (κ3) is 3.03. The van der Waals surface area contributed by atoms with Crippen molar-refractivity contribution in [1.82, 2.24) is 16.0 Å². The van der Waals surface area contributed by atoms with Crippen molar-refractivity contribution in [3.63, 3.8) is 0 Å². The van der Waals surface area contributed by atoms with Gasteiger partial charge in [0.05, 0.1) is 11.5 Å². The van der Waals surface area contributed by atoms with Crippen LogP contribution in [0.3, 0.4) is 0 Å². The molecule has 0 bridgehead atoms. The van der Waals surface area contributed by atoms with Crippen LogP contribution in [0.2, 0.25) is 0 Å². The number of fused-ring (bicyclic) bond motifs is 1. The molecule has 2 heterocycles.